The zero-order valence-electron chi connectivity index (χ0n) is 29.8. The minimum atomic E-state index is -1.04. The van der Waals surface area contributed by atoms with E-state index >= 15 is 4.39 Å². The molecule has 0 bridgehead atoms. The number of aryl methyl sites for hydroxylation is 1. The smallest absolute Gasteiger partial charge is 0.276 e. The highest BCUT2D eigenvalue weighted by atomic mass is 19.1. The number of pyridine rings is 1. The van der Waals surface area contributed by atoms with E-state index < -0.39 is 41.5 Å². The molecule has 2 fully saturated rings. The molecule has 1 aromatic carbocycles. The summed E-state index contributed by atoms with van der Waals surface area (Å²) in [4.78, 5) is 62.3. The number of hydrogen-bond donors (Lipinski definition) is 3. The van der Waals surface area contributed by atoms with Gasteiger partial charge in [0.15, 0.2) is 5.69 Å². The highest BCUT2D eigenvalue weighted by molar-refractivity contribution is 6.01. The van der Waals surface area contributed by atoms with Crippen LogP contribution in [0.15, 0.2) is 41.2 Å². The Morgan fingerprint density at radius 1 is 1.02 bits per heavy atom. The summed E-state index contributed by atoms with van der Waals surface area (Å²) in [6.45, 7) is 8.02. The molecule has 3 atom stereocenters. The van der Waals surface area contributed by atoms with Crippen molar-refractivity contribution in [1.29, 1.82) is 0 Å². The first-order valence-corrected chi connectivity index (χ1v) is 17.5. The molecule has 1 saturated heterocycles. The van der Waals surface area contributed by atoms with Gasteiger partial charge in [-0.2, -0.15) is 0 Å². The summed E-state index contributed by atoms with van der Waals surface area (Å²) in [6.07, 6.45) is 5.15. The summed E-state index contributed by atoms with van der Waals surface area (Å²) < 4.78 is 25.9. The van der Waals surface area contributed by atoms with E-state index in [1.165, 1.54) is 25.4 Å². The Kier molecular flexibility index (Phi) is 12.3. The SMILES string of the molecule is CCc1nonc1C(=O)N[C@H](C(=O)Nc1ccc([C@H](C)[C@@H](NC(=O)c2cccnc2OC)C(=O)N2CCN(C)CC2)cc1F)[C@H]1CC[C@H](C)CC1. The molecule has 51 heavy (non-hydrogen) atoms. The Labute approximate surface area is 296 Å². The fourth-order valence-corrected chi connectivity index (χ4v) is 6.73. The topological polar surface area (TPSA) is 172 Å². The van der Waals surface area contributed by atoms with Gasteiger partial charge in [0, 0.05) is 38.3 Å². The van der Waals surface area contributed by atoms with E-state index in [-0.39, 0.29) is 34.6 Å². The maximum absolute atomic E-state index is 15.9. The zero-order chi connectivity index (χ0) is 36.7. The number of aromatic nitrogens is 3. The third kappa shape index (κ3) is 8.88. The van der Waals surface area contributed by atoms with E-state index in [4.69, 9.17) is 9.37 Å². The third-order valence-electron chi connectivity index (χ3n) is 10.1. The van der Waals surface area contributed by atoms with Crippen molar-refractivity contribution in [3.05, 3.63) is 64.9 Å². The van der Waals surface area contributed by atoms with E-state index in [2.05, 4.69) is 43.1 Å². The van der Waals surface area contributed by atoms with E-state index in [1.54, 1.807) is 30.0 Å². The Balaban J connectivity index is 1.36. The average molecular weight is 707 g/mol. The Morgan fingerprint density at radius 3 is 2.41 bits per heavy atom. The fourth-order valence-electron chi connectivity index (χ4n) is 6.73. The minimum Gasteiger partial charge on any atom is -0.480 e. The van der Waals surface area contributed by atoms with Crippen molar-refractivity contribution in [3.63, 3.8) is 0 Å². The van der Waals surface area contributed by atoms with Crippen LogP contribution >= 0.6 is 0 Å². The molecular weight excluding hydrogens is 659 g/mol. The predicted molar refractivity (Wildman–Crippen MR) is 186 cm³/mol. The lowest BCUT2D eigenvalue weighted by molar-refractivity contribution is -0.135. The van der Waals surface area contributed by atoms with Gasteiger partial charge < -0.3 is 30.5 Å². The van der Waals surface area contributed by atoms with Gasteiger partial charge in [-0.3, -0.25) is 19.2 Å². The minimum absolute atomic E-state index is 0.0127. The molecule has 0 radical (unpaired) electrons. The van der Waals surface area contributed by atoms with Crippen molar-refractivity contribution in [2.24, 2.45) is 11.8 Å². The predicted octanol–water partition coefficient (Wildman–Crippen LogP) is 3.41. The first-order valence-electron chi connectivity index (χ1n) is 17.5. The summed E-state index contributed by atoms with van der Waals surface area (Å²) in [5.41, 5.74) is 0.905. The number of anilines is 1. The number of methoxy groups -OCH3 is 1. The fraction of sp³-hybridized carbons (Fsp3) is 0.528. The molecule has 0 unspecified atom stereocenters. The summed E-state index contributed by atoms with van der Waals surface area (Å²) in [5, 5.41) is 15.9. The molecule has 274 valence electrons. The number of halogens is 1. The van der Waals surface area contributed by atoms with Gasteiger partial charge in [-0.05, 0) is 73.1 Å². The lowest BCUT2D eigenvalue weighted by Gasteiger charge is -2.36. The number of likely N-dealkylation sites (N-methyl/N-ethyl adjacent to an activating group) is 1. The van der Waals surface area contributed by atoms with E-state index in [1.807, 2.05) is 14.0 Å². The number of nitrogens with zero attached hydrogens (tertiary/aromatic N) is 5. The highest BCUT2D eigenvalue weighted by Crippen LogP contribution is 2.32. The van der Waals surface area contributed by atoms with Crippen molar-refractivity contribution in [3.8, 4) is 5.88 Å². The van der Waals surface area contributed by atoms with Crippen molar-refractivity contribution < 1.29 is 32.9 Å². The summed E-state index contributed by atoms with van der Waals surface area (Å²) in [5.74, 6) is -2.93. The molecule has 3 aromatic rings. The average Bonchev–Trinajstić information content (AvgIpc) is 3.63. The molecule has 1 aliphatic carbocycles. The number of piperazine rings is 1. The summed E-state index contributed by atoms with van der Waals surface area (Å²) in [6, 6.07) is 5.46. The van der Waals surface area contributed by atoms with Gasteiger partial charge in [-0.15, -0.1) is 0 Å². The van der Waals surface area contributed by atoms with Crippen LogP contribution < -0.4 is 20.7 Å². The van der Waals surface area contributed by atoms with Gasteiger partial charge >= 0.3 is 0 Å². The van der Waals surface area contributed by atoms with Crippen LogP contribution in [0.3, 0.4) is 0 Å². The molecule has 2 aromatic heterocycles. The van der Waals surface area contributed by atoms with Gasteiger partial charge in [0.2, 0.25) is 17.7 Å². The van der Waals surface area contributed by atoms with Crippen LogP contribution in [-0.2, 0) is 16.0 Å². The largest absolute Gasteiger partial charge is 0.480 e. The standard InChI is InChI=1S/C36H47FN8O6/c1-6-27-31(43-51-42-27)34(48)41-30(23-11-9-21(2)10-12-23)33(47)39-28-14-13-24(20-26(28)37)22(3)29(36(49)45-18-16-44(4)17-19-45)40-32(46)25-8-7-15-38-35(25)50-5/h7-8,13-15,20-23,29-30H,6,9-12,16-19H2,1-5H3,(H,39,47)(H,40,46)(H,41,48)/t21-,22-,23-,29+,30-/m0/s1. The first kappa shape index (κ1) is 37.3. The van der Waals surface area contributed by atoms with Crippen LogP contribution in [0, 0.1) is 17.7 Å². The number of carbonyl (C=O) groups is 4. The summed E-state index contributed by atoms with van der Waals surface area (Å²) in [7, 11) is 3.38. The van der Waals surface area contributed by atoms with Crippen molar-refractivity contribution in [2.75, 3.05) is 45.7 Å². The molecule has 5 rings (SSSR count). The van der Waals surface area contributed by atoms with E-state index in [0.717, 1.165) is 25.7 Å². The van der Waals surface area contributed by atoms with Crippen LogP contribution in [0.25, 0.3) is 0 Å². The lowest BCUT2D eigenvalue weighted by atomic mass is 9.79. The zero-order valence-corrected chi connectivity index (χ0v) is 29.8. The molecular formula is C36H47FN8O6. The lowest BCUT2D eigenvalue weighted by Crippen LogP contribution is -2.55. The molecule has 2 aliphatic rings. The van der Waals surface area contributed by atoms with E-state index in [0.29, 0.717) is 49.8 Å². The second kappa shape index (κ2) is 16.9. The number of nitrogens with one attached hydrogen (secondary N) is 3. The van der Waals surface area contributed by atoms with Crippen LogP contribution in [0.1, 0.15) is 84.5 Å². The monoisotopic (exact) mass is 706 g/mol. The number of hydrogen-bond acceptors (Lipinski definition) is 10. The van der Waals surface area contributed by atoms with Crippen LogP contribution in [-0.4, -0.2) is 101 Å². The number of rotatable bonds is 12. The molecule has 1 saturated carbocycles. The van der Waals surface area contributed by atoms with Gasteiger partial charge in [0.1, 0.15) is 29.2 Å². The number of ether oxygens (including phenoxy) is 1. The first-order chi connectivity index (χ1) is 24.5. The van der Waals surface area contributed by atoms with Crippen molar-refractivity contribution >= 4 is 29.3 Å². The van der Waals surface area contributed by atoms with Crippen molar-refractivity contribution in [1.82, 2.24) is 35.7 Å². The number of benzene rings is 1. The molecule has 3 N–H and O–H groups in total. The normalized spacial score (nSPS) is 19.8. The molecule has 4 amide bonds. The molecule has 0 spiro atoms. The van der Waals surface area contributed by atoms with Crippen LogP contribution in [0.4, 0.5) is 10.1 Å². The molecule has 14 nitrogen and oxygen atoms in total. The van der Waals surface area contributed by atoms with Gasteiger partial charge in [0.25, 0.3) is 11.8 Å². The van der Waals surface area contributed by atoms with Gasteiger partial charge in [-0.25, -0.2) is 14.0 Å². The third-order valence-corrected chi connectivity index (χ3v) is 10.1. The van der Waals surface area contributed by atoms with Crippen LogP contribution in [0.5, 0.6) is 5.88 Å². The maximum Gasteiger partial charge on any atom is 0.276 e. The quantitative estimate of drug-likeness (QED) is 0.254. The van der Waals surface area contributed by atoms with Gasteiger partial charge in [-0.1, -0.05) is 44.8 Å². The highest BCUT2D eigenvalue weighted by Gasteiger charge is 2.36. The Bertz CT molecular complexity index is 1700. The second-order valence-electron chi connectivity index (χ2n) is 13.5. The molecule has 15 heteroatoms. The Morgan fingerprint density at radius 2 is 1.75 bits per heavy atom. The number of amides is 4. The summed E-state index contributed by atoms with van der Waals surface area (Å²) >= 11 is 0. The van der Waals surface area contributed by atoms with E-state index in [9.17, 15) is 19.2 Å². The molecule has 3 heterocycles. The number of carbonyl (C=O) groups excluding carboxylic acids is 4. The van der Waals surface area contributed by atoms with Crippen molar-refractivity contribution in [2.45, 2.75) is 70.9 Å². The van der Waals surface area contributed by atoms with Crippen LogP contribution in [0.2, 0.25) is 0 Å². The maximum atomic E-state index is 15.9. The molecule has 1 aliphatic heterocycles. The Hall–Kier alpha value is -4.92. The second-order valence-corrected chi connectivity index (χ2v) is 13.5. The van der Waals surface area contributed by atoms with Gasteiger partial charge in [0.05, 0.1) is 12.8 Å².